The molecule has 32 heavy (non-hydrogen) atoms. The van der Waals surface area contributed by atoms with Crippen molar-refractivity contribution in [1.82, 2.24) is 4.98 Å². The Hall–Kier alpha value is -3.77. The normalized spacial score (nSPS) is 11.2. The lowest BCUT2D eigenvalue weighted by Gasteiger charge is -2.26. The fraction of sp³-hybridized carbons (Fsp3) is 0.115. The van der Waals surface area contributed by atoms with Gasteiger partial charge in [0, 0.05) is 17.7 Å². The molecule has 5 rings (SSSR count). The van der Waals surface area contributed by atoms with Crippen molar-refractivity contribution in [1.29, 1.82) is 0 Å². The maximum absolute atomic E-state index is 13.8. The topological polar surface area (TPSA) is 59.5 Å². The molecule has 0 bridgehead atoms. The van der Waals surface area contributed by atoms with Gasteiger partial charge in [0.1, 0.15) is 11.4 Å². The number of carbonyl (C=O) groups is 1. The number of hydrogen-bond donors (Lipinski definition) is 0. The van der Waals surface area contributed by atoms with Crippen LogP contribution in [0.15, 0.2) is 77.6 Å². The Morgan fingerprint density at radius 3 is 2.44 bits per heavy atom. The number of anilines is 2. The Labute approximate surface area is 188 Å². The molecular weight excluding hydrogens is 420 g/mol. The first-order valence-electron chi connectivity index (χ1n) is 10.4. The highest BCUT2D eigenvalue weighted by molar-refractivity contribution is 7.22. The molecule has 5 nitrogen and oxygen atoms in total. The van der Waals surface area contributed by atoms with Crippen molar-refractivity contribution in [3.05, 3.63) is 83.0 Å². The SMILES string of the molecule is CCOc1ccccc1N(C(C)=O)c1c2sc3ccccc3nc-2c2ccccc2c1=O. The third kappa shape index (κ3) is 3.20. The third-order valence-electron chi connectivity index (χ3n) is 5.33. The van der Waals surface area contributed by atoms with E-state index < -0.39 is 0 Å². The predicted molar refractivity (Wildman–Crippen MR) is 130 cm³/mol. The lowest BCUT2D eigenvalue weighted by molar-refractivity contribution is -0.115. The predicted octanol–water partition coefficient (Wildman–Crippen LogP) is 6.00. The van der Waals surface area contributed by atoms with Crippen LogP contribution in [0.4, 0.5) is 11.4 Å². The molecule has 1 aliphatic heterocycles. The van der Waals surface area contributed by atoms with Crippen LogP contribution in [0.25, 0.3) is 31.6 Å². The molecule has 1 heterocycles. The molecule has 0 N–H and O–H groups in total. The quantitative estimate of drug-likeness (QED) is 0.254. The number of aromatic nitrogens is 1. The third-order valence-corrected chi connectivity index (χ3v) is 6.48. The van der Waals surface area contributed by atoms with Crippen LogP contribution in [0.3, 0.4) is 0 Å². The Morgan fingerprint density at radius 2 is 1.66 bits per heavy atom. The van der Waals surface area contributed by atoms with E-state index in [0.717, 1.165) is 15.6 Å². The number of nitrogens with zero attached hydrogens (tertiary/aromatic N) is 2. The highest BCUT2D eigenvalue weighted by Gasteiger charge is 2.29. The Bertz CT molecular complexity index is 1510. The molecule has 0 spiro atoms. The van der Waals surface area contributed by atoms with E-state index in [-0.39, 0.29) is 11.3 Å². The van der Waals surface area contributed by atoms with Crippen molar-refractivity contribution < 1.29 is 9.53 Å². The molecule has 0 aromatic heterocycles. The summed E-state index contributed by atoms with van der Waals surface area (Å²) in [6, 6.07) is 22.5. The van der Waals surface area contributed by atoms with Crippen molar-refractivity contribution in [3.63, 3.8) is 0 Å². The minimum absolute atomic E-state index is 0.206. The van der Waals surface area contributed by atoms with Gasteiger partial charge in [-0.2, -0.15) is 0 Å². The van der Waals surface area contributed by atoms with Gasteiger partial charge in [-0.3, -0.25) is 14.5 Å². The van der Waals surface area contributed by atoms with Gasteiger partial charge in [-0.05, 0) is 31.2 Å². The van der Waals surface area contributed by atoms with Crippen LogP contribution in [0.5, 0.6) is 5.75 Å². The van der Waals surface area contributed by atoms with Gasteiger partial charge in [-0.1, -0.05) is 48.5 Å². The fourth-order valence-electron chi connectivity index (χ4n) is 4.00. The van der Waals surface area contributed by atoms with Gasteiger partial charge in [0.25, 0.3) is 0 Å². The molecule has 3 aromatic rings. The summed E-state index contributed by atoms with van der Waals surface area (Å²) in [7, 11) is 0. The summed E-state index contributed by atoms with van der Waals surface area (Å²) in [4.78, 5) is 33.9. The van der Waals surface area contributed by atoms with Crippen molar-refractivity contribution in [2.24, 2.45) is 0 Å². The first-order chi connectivity index (χ1) is 15.6. The molecule has 0 radical (unpaired) electrons. The monoisotopic (exact) mass is 440 g/mol. The van der Waals surface area contributed by atoms with Crippen LogP contribution in [-0.2, 0) is 4.79 Å². The molecule has 2 aliphatic rings. The molecule has 1 aliphatic carbocycles. The highest BCUT2D eigenvalue weighted by atomic mass is 32.1. The minimum atomic E-state index is -0.272. The lowest BCUT2D eigenvalue weighted by Crippen LogP contribution is -2.29. The van der Waals surface area contributed by atoms with Crippen LogP contribution in [-0.4, -0.2) is 17.5 Å². The van der Waals surface area contributed by atoms with Crippen molar-refractivity contribution in [3.8, 4) is 16.3 Å². The molecule has 0 atom stereocenters. The van der Waals surface area contributed by atoms with Gasteiger partial charge in [-0.25, -0.2) is 4.98 Å². The Kier molecular flexibility index (Phi) is 5.07. The first-order valence-corrected chi connectivity index (χ1v) is 11.2. The largest absolute Gasteiger partial charge is 0.492 e. The highest BCUT2D eigenvalue weighted by Crippen LogP contribution is 2.44. The van der Waals surface area contributed by atoms with Crippen molar-refractivity contribution in [2.75, 3.05) is 11.5 Å². The van der Waals surface area contributed by atoms with Gasteiger partial charge in [0.05, 0.1) is 33.1 Å². The summed E-state index contributed by atoms with van der Waals surface area (Å²) in [5.41, 5.74) is 2.20. The average molecular weight is 441 g/mol. The molecule has 1 amide bonds. The molecule has 6 heteroatoms. The second kappa shape index (κ2) is 8.05. The Balaban J connectivity index is 1.94. The molecule has 0 unspecified atom stereocenters. The summed E-state index contributed by atoms with van der Waals surface area (Å²) in [6.07, 6.45) is 0. The number of carbonyl (C=O) groups excluding carboxylic acids is 1. The molecule has 3 aromatic carbocycles. The van der Waals surface area contributed by atoms with E-state index in [2.05, 4.69) is 0 Å². The van der Waals surface area contributed by atoms with Gasteiger partial charge in [-0.15, -0.1) is 11.3 Å². The van der Waals surface area contributed by atoms with Crippen LogP contribution in [0.2, 0.25) is 0 Å². The zero-order valence-electron chi connectivity index (χ0n) is 17.7. The first kappa shape index (κ1) is 20.2. The summed E-state index contributed by atoms with van der Waals surface area (Å²) in [5, 5.41) is 1.31. The zero-order chi connectivity index (χ0) is 22.2. The summed E-state index contributed by atoms with van der Waals surface area (Å²) in [6.45, 7) is 3.79. The molecule has 0 saturated heterocycles. The fourth-order valence-corrected chi connectivity index (χ4v) is 5.11. The van der Waals surface area contributed by atoms with Gasteiger partial charge >= 0.3 is 0 Å². The number of rotatable bonds is 4. The van der Waals surface area contributed by atoms with Crippen LogP contribution < -0.4 is 15.1 Å². The van der Waals surface area contributed by atoms with E-state index in [1.807, 2.05) is 61.5 Å². The van der Waals surface area contributed by atoms with Crippen LogP contribution in [0, 0.1) is 0 Å². The summed E-state index contributed by atoms with van der Waals surface area (Å²) in [5.74, 6) is 0.274. The van der Waals surface area contributed by atoms with Crippen LogP contribution >= 0.6 is 11.3 Å². The average Bonchev–Trinajstić information content (AvgIpc) is 2.81. The maximum atomic E-state index is 13.8. The van der Waals surface area contributed by atoms with Gasteiger partial charge in [0.2, 0.25) is 11.3 Å². The van der Waals surface area contributed by atoms with E-state index in [4.69, 9.17) is 9.72 Å². The van der Waals surface area contributed by atoms with Crippen molar-refractivity contribution >= 4 is 49.6 Å². The second-order valence-electron chi connectivity index (χ2n) is 7.34. The van der Waals surface area contributed by atoms with E-state index in [0.29, 0.717) is 39.7 Å². The Morgan fingerprint density at radius 1 is 0.969 bits per heavy atom. The standard InChI is InChI=1S/C26H20N2O3S/c1-3-31-21-14-8-7-13-20(21)28(16(2)29)24-25(30)18-11-5-4-10-17(18)23-26(24)32-22-15-9-6-12-19(22)27-23/h4-15H,3H2,1-2H3. The number of ether oxygens (including phenoxy) is 1. The number of para-hydroxylation sites is 3. The number of fused-ring (bicyclic) bond motifs is 4. The van der Waals surface area contributed by atoms with Gasteiger partial charge < -0.3 is 4.74 Å². The zero-order valence-corrected chi connectivity index (χ0v) is 18.5. The lowest BCUT2D eigenvalue weighted by atomic mass is 10.0. The number of hydrogen-bond acceptors (Lipinski definition) is 5. The smallest absolute Gasteiger partial charge is 0.228 e. The minimum Gasteiger partial charge on any atom is -0.492 e. The number of amides is 1. The maximum Gasteiger partial charge on any atom is 0.228 e. The van der Waals surface area contributed by atoms with Gasteiger partial charge in [0.15, 0.2) is 0 Å². The molecule has 158 valence electrons. The van der Waals surface area contributed by atoms with Crippen molar-refractivity contribution in [2.45, 2.75) is 13.8 Å². The summed E-state index contributed by atoms with van der Waals surface area (Å²) >= 11 is 1.47. The van der Waals surface area contributed by atoms with Crippen LogP contribution in [0.1, 0.15) is 13.8 Å². The van der Waals surface area contributed by atoms with E-state index in [1.165, 1.54) is 23.2 Å². The summed E-state index contributed by atoms with van der Waals surface area (Å²) < 4.78 is 6.73. The van der Waals surface area contributed by atoms with E-state index in [9.17, 15) is 9.59 Å². The molecular formula is C26H20N2O3S. The van der Waals surface area contributed by atoms with E-state index >= 15 is 0 Å². The second-order valence-corrected chi connectivity index (χ2v) is 8.39. The van der Waals surface area contributed by atoms with E-state index in [1.54, 1.807) is 18.2 Å². The molecule has 0 fully saturated rings. The number of benzene rings is 4. The molecule has 0 saturated carbocycles.